The minimum Gasteiger partial charge on any atom is -0.508 e. The summed E-state index contributed by atoms with van der Waals surface area (Å²) in [6, 6.07) is 28.4. The third-order valence-electron chi connectivity index (χ3n) is 21.6. The van der Waals surface area contributed by atoms with Gasteiger partial charge in [-0.05, 0) is 116 Å². The molecule has 122 heavy (non-hydrogen) atoms. The van der Waals surface area contributed by atoms with Crippen LogP contribution in [0.3, 0.4) is 0 Å². The number of hydrogen-bond acceptors (Lipinski definition) is 24. The number of amides is 9. The maximum atomic E-state index is 14.8. The maximum absolute atomic E-state index is 14.8. The van der Waals surface area contributed by atoms with Crippen LogP contribution in [0.2, 0.25) is 0 Å². The van der Waals surface area contributed by atoms with Crippen LogP contribution in [-0.4, -0.2) is 288 Å². The normalized spacial score (nSPS) is 18.6. The molecule has 0 spiro atoms. The minimum absolute atomic E-state index is 0.00416. The zero-order chi connectivity index (χ0) is 86.9. The summed E-state index contributed by atoms with van der Waals surface area (Å²) >= 11 is 0. The average Bonchev–Trinajstić information content (AvgIpc) is 0.745. The van der Waals surface area contributed by atoms with Crippen molar-refractivity contribution < 1.29 is 97.7 Å². The van der Waals surface area contributed by atoms with Crippen molar-refractivity contribution in [1.82, 2.24) is 72.4 Å². The molecule has 1 aliphatic carbocycles. The van der Waals surface area contributed by atoms with Crippen LogP contribution in [-0.2, 0) is 9.59 Å². The second-order valence-electron chi connectivity index (χ2n) is 30.0. The molecule has 0 radical (unpaired) electrons. The second kappa shape index (κ2) is 43.0. The van der Waals surface area contributed by atoms with Crippen LogP contribution in [0, 0.1) is 0 Å². The number of ketones is 1. The van der Waals surface area contributed by atoms with Crippen molar-refractivity contribution >= 4 is 81.9 Å². The molecule has 0 fully saturated rings. The van der Waals surface area contributed by atoms with E-state index in [0.717, 1.165) is 0 Å². The molecule has 6 aromatic carbocycles. The number of aliphatic carboxylic acids is 1. The zero-order valence-electron chi connectivity index (χ0n) is 67.2. The van der Waals surface area contributed by atoms with Crippen LogP contribution in [0.1, 0.15) is 155 Å². The number of para-hydroxylation sites is 4. The average molecular weight is 1680 g/mol. The molecule has 3 unspecified atom stereocenters. The smallest absolute Gasteiger partial charge is 0.336 e. The fourth-order valence-electron chi connectivity index (χ4n) is 15.0. The van der Waals surface area contributed by atoms with E-state index in [0.29, 0.717) is 35.8 Å². The van der Waals surface area contributed by atoms with E-state index in [1.165, 1.54) is 121 Å². The Morgan fingerprint density at radius 1 is 0.410 bits per heavy atom. The number of phenolic OH excluding ortho intramolecular Hbond substituents is 5. The van der Waals surface area contributed by atoms with Gasteiger partial charge in [0, 0.05) is 203 Å². The van der Waals surface area contributed by atoms with E-state index in [1.54, 1.807) is 6.07 Å². The molecule has 3 atom stereocenters. The quantitative estimate of drug-likeness (QED) is 0.0404. The number of phenols is 5. The van der Waals surface area contributed by atoms with E-state index in [4.69, 9.17) is 4.42 Å². The van der Waals surface area contributed by atoms with E-state index in [1.807, 2.05) is 24.5 Å². The topological polar surface area (TPSA) is 501 Å². The summed E-state index contributed by atoms with van der Waals surface area (Å²) in [6.45, 7) is 1.61. The van der Waals surface area contributed by atoms with Crippen molar-refractivity contribution in [3.63, 3.8) is 0 Å². The molecule has 6 aliphatic rings. The molecule has 5 aliphatic heterocycles. The Hall–Kier alpha value is -13.4. The number of Topliss-reactive ketones (excluding diaryl/α,β-unsaturated/α-hetero) is 1. The predicted octanol–water partition coefficient (Wildman–Crippen LogP) is 3.85. The summed E-state index contributed by atoms with van der Waals surface area (Å²) < 4.78 is 5.95. The van der Waals surface area contributed by atoms with Crippen LogP contribution in [0.4, 0.5) is 0 Å². The Morgan fingerprint density at radius 3 is 1.28 bits per heavy atom. The van der Waals surface area contributed by atoms with Crippen molar-refractivity contribution in [2.24, 2.45) is 0 Å². The molecule has 0 aromatic heterocycles. The molecule has 644 valence electrons. The van der Waals surface area contributed by atoms with E-state index < -0.39 is 94.1 Å². The van der Waals surface area contributed by atoms with Gasteiger partial charge in [-0.25, -0.2) is 4.79 Å². The number of carboxylic acid groups (broad SMARTS) is 2. The Kier molecular flexibility index (Phi) is 31.6. The van der Waals surface area contributed by atoms with Gasteiger partial charge in [0.25, 0.3) is 53.2 Å². The lowest BCUT2D eigenvalue weighted by Crippen LogP contribution is -2.49. The summed E-state index contributed by atoms with van der Waals surface area (Å²) in [6.07, 6.45) is 1.67. The van der Waals surface area contributed by atoms with Crippen molar-refractivity contribution in [2.45, 2.75) is 57.4 Å². The Morgan fingerprint density at radius 2 is 0.836 bits per heavy atom. The van der Waals surface area contributed by atoms with Gasteiger partial charge < -0.3 is 92.9 Å². The maximum Gasteiger partial charge on any atom is 0.336 e. The first kappa shape index (κ1) is 89.4. The number of carbonyl (C=O) groups excluding carboxylic acids is 10. The molecule has 5 heterocycles. The first-order valence-electron chi connectivity index (χ1n) is 40.6. The van der Waals surface area contributed by atoms with Gasteiger partial charge in [0.1, 0.15) is 45.9 Å². The third kappa shape index (κ3) is 24.0. The molecule has 0 saturated carbocycles. The lowest BCUT2D eigenvalue weighted by molar-refractivity contribution is -0.137. The van der Waals surface area contributed by atoms with E-state index in [9.17, 15) is 98.1 Å². The highest BCUT2D eigenvalue weighted by Crippen LogP contribution is 2.42. The Balaban J connectivity index is 0.836. The highest BCUT2D eigenvalue weighted by atomic mass is 16.4. The second-order valence-corrected chi connectivity index (χ2v) is 30.0. The van der Waals surface area contributed by atoms with Crippen molar-refractivity contribution in [3.05, 3.63) is 193 Å². The molecule has 16 N–H and O–H groups in total. The fourth-order valence-corrected chi connectivity index (χ4v) is 15.0. The molecule has 0 saturated heterocycles. The monoisotopic (exact) mass is 1680 g/mol. The molecule has 12 rings (SSSR count). The van der Waals surface area contributed by atoms with Crippen LogP contribution in [0.15, 0.2) is 137 Å². The number of rotatable bonds is 19. The van der Waals surface area contributed by atoms with E-state index in [2.05, 4.69) is 47.9 Å². The number of carbonyl (C=O) groups is 12. The van der Waals surface area contributed by atoms with Crippen LogP contribution < -0.4 is 53.3 Å². The van der Waals surface area contributed by atoms with Crippen LogP contribution in [0.25, 0.3) is 33.4 Å². The number of aromatic carboxylic acids is 1. The predicted molar refractivity (Wildman–Crippen MR) is 447 cm³/mol. The largest absolute Gasteiger partial charge is 0.508 e. The summed E-state index contributed by atoms with van der Waals surface area (Å²) in [4.78, 5) is 187. The highest BCUT2D eigenvalue weighted by Gasteiger charge is 2.30. The summed E-state index contributed by atoms with van der Waals surface area (Å²) in [7, 11) is 0. The number of nitrogens with zero attached hydrogens (tertiary/aromatic N) is 5. The van der Waals surface area contributed by atoms with Gasteiger partial charge in [-0.15, -0.1) is 0 Å². The number of hydrogen-bond donors (Lipinski definition) is 16. The number of benzene rings is 7. The number of carboxylic acids is 2. The lowest BCUT2D eigenvalue weighted by atomic mass is 9.90. The molecule has 9 amide bonds. The van der Waals surface area contributed by atoms with Gasteiger partial charge in [-0.2, -0.15) is 0 Å². The van der Waals surface area contributed by atoms with Crippen molar-refractivity contribution in [1.29, 1.82) is 0 Å². The van der Waals surface area contributed by atoms with E-state index >= 15 is 0 Å². The van der Waals surface area contributed by atoms with Crippen molar-refractivity contribution in [2.75, 3.05) is 151 Å². The molecular formula is C87H100N14O21. The van der Waals surface area contributed by atoms with Gasteiger partial charge in [-0.3, -0.25) is 77.1 Å². The molecule has 35 heteroatoms. The molecule has 12 bridgehead atoms. The lowest BCUT2D eigenvalue weighted by Gasteiger charge is -2.31. The minimum atomic E-state index is -1.36. The number of nitrogens with one attached hydrogen (secondary N) is 9. The Bertz CT molecular complexity index is 5160. The molecule has 6 aromatic rings. The molecular weight excluding hydrogens is 1580 g/mol. The van der Waals surface area contributed by atoms with Gasteiger partial charge in [0.15, 0.2) is 5.43 Å². The highest BCUT2D eigenvalue weighted by molar-refractivity contribution is 6.10. The van der Waals surface area contributed by atoms with E-state index in [-0.39, 0.29) is 272 Å². The third-order valence-corrected chi connectivity index (χ3v) is 21.6. The summed E-state index contributed by atoms with van der Waals surface area (Å²) in [5.41, 5.74) is -1.07. The van der Waals surface area contributed by atoms with Gasteiger partial charge in [0.05, 0.1) is 50.1 Å². The Labute approximate surface area is 701 Å². The summed E-state index contributed by atoms with van der Waals surface area (Å²) in [5.74, 6) is -11.2. The fraction of sp³-hybridized carbons (Fsp3) is 0.368. The first-order valence-corrected chi connectivity index (χ1v) is 40.6. The standard InChI is InChI=1S/C87H100N14O21/c102-55(26-36-97(35-8-19-72(105)106)37-27-88-78(111)53-20-23-58(69(49-53)87(120)121)73-59-24-21-56(103)50-70(59)122-71-51-57(104)22-25-60(71)73)10-3-1-2-9-54-52-101-44-34-95-84(117)66-16-6-15-65(76(66)109)81(114)91-30-40-99(41-31-94-85(118)67-17-7-18-68(77(67)110)86(119)96-54)46-45-98-38-28-89-79(112)61-11-4-13-63(74(61)107)82(115)92-32-42-100(47-48-101)43-33-93-83(116)64-14-5-12-62(75(64)108)80(113)90-29-39-98/h4-7,11-18,20-25,49-51,54,103,107-110H,1-3,8-10,19,26-48,52H2,(H,88,111)(H,89,112)(H,90,113)(H,91,114)(H,92,115)(H,93,116)(H,94,118)(H,95,117)(H,96,119)(H,105,106)(H,120,121). The van der Waals surface area contributed by atoms with Gasteiger partial charge >= 0.3 is 11.9 Å². The SMILES string of the molecule is O=C(O)CCCN(CCNC(=O)c1ccc(-c2c3ccc(=O)cc-3oc3cc(O)ccc23)c(C(=O)O)c1)CCC(=O)CCCCCC1CN2CCNC(=O)c3cccc(c3O)C(=O)NCCN(CCNC(=O)c3cccc(c3O)C(=O)N1)CCN1CCNC(=O)c3cccc(c3O)C(=O)NCCN(CCNC(=O)c3cccc(c3O)C(=O)NCC1)CC2. The van der Waals surface area contributed by atoms with Crippen LogP contribution in [0.5, 0.6) is 28.7 Å². The van der Waals surface area contributed by atoms with Gasteiger partial charge in [0.2, 0.25) is 0 Å². The number of unbranched alkanes of at least 4 members (excludes halogenated alkanes) is 2. The first-order chi connectivity index (χ1) is 58.8. The van der Waals surface area contributed by atoms with Crippen molar-refractivity contribution in [3.8, 4) is 51.2 Å². The van der Waals surface area contributed by atoms with Crippen LogP contribution >= 0.6 is 0 Å². The van der Waals surface area contributed by atoms with Gasteiger partial charge in [-0.1, -0.05) is 43.2 Å². The molecule has 35 nitrogen and oxygen atoms in total. The number of fused-ring (bicyclic) bond motifs is 18. The number of aromatic hydroxyl groups is 5. The zero-order valence-corrected chi connectivity index (χ0v) is 67.2. The summed E-state index contributed by atoms with van der Waals surface area (Å²) in [5, 5.41) is 103.